The third-order valence-corrected chi connectivity index (χ3v) is 3.56. The summed E-state index contributed by atoms with van der Waals surface area (Å²) in [6, 6.07) is 6.52. The van der Waals surface area contributed by atoms with Crippen LogP contribution < -0.4 is 4.90 Å². The summed E-state index contributed by atoms with van der Waals surface area (Å²) in [5.74, 6) is 0. The van der Waals surface area contributed by atoms with Gasteiger partial charge < -0.3 is 10.0 Å². The van der Waals surface area contributed by atoms with Crippen LogP contribution in [0.1, 0.15) is 38.9 Å². The first-order chi connectivity index (χ1) is 7.47. The van der Waals surface area contributed by atoms with Crippen molar-refractivity contribution in [2.75, 3.05) is 11.9 Å². The SMILES string of the molecule is CCC(C)N(C)c1ccc(Br)cc1C(C)O. The van der Waals surface area contributed by atoms with Crippen LogP contribution in [0, 0.1) is 0 Å². The minimum Gasteiger partial charge on any atom is -0.389 e. The van der Waals surface area contributed by atoms with Crippen molar-refractivity contribution in [2.45, 2.75) is 39.3 Å². The summed E-state index contributed by atoms with van der Waals surface area (Å²) in [5.41, 5.74) is 2.07. The van der Waals surface area contributed by atoms with E-state index in [1.54, 1.807) is 6.92 Å². The second-order valence-electron chi connectivity index (χ2n) is 4.25. The third-order valence-electron chi connectivity index (χ3n) is 3.07. The first-order valence-electron chi connectivity index (χ1n) is 5.67. The van der Waals surface area contributed by atoms with Crippen LogP contribution >= 0.6 is 15.9 Å². The highest BCUT2D eigenvalue weighted by atomic mass is 79.9. The molecule has 0 radical (unpaired) electrons. The molecule has 16 heavy (non-hydrogen) atoms. The fraction of sp³-hybridized carbons (Fsp3) is 0.538. The van der Waals surface area contributed by atoms with Crippen molar-refractivity contribution >= 4 is 21.6 Å². The largest absolute Gasteiger partial charge is 0.389 e. The molecule has 3 heteroatoms. The Bertz CT molecular complexity index is 352. The molecule has 0 aliphatic carbocycles. The van der Waals surface area contributed by atoms with E-state index in [4.69, 9.17) is 0 Å². The molecule has 0 saturated carbocycles. The standard InChI is InChI=1S/C13H20BrNO/c1-5-9(2)15(4)13-7-6-11(14)8-12(13)10(3)16/h6-10,16H,5H2,1-4H3. The second-order valence-corrected chi connectivity index (χ2v) is 5.16. The van der Waals surface area contributed by atoms with Gasteiger partial charge in [0, 0.05) is 28.8 Å². The predicted octanol–water partition coefficient (Wildman–Crippen LogP) is 3.74. The molecule has 0 spiro atoms. The maximum Gasteiger partial charge on any atom is 0.0782 e. The molecule has 0 amide bonds. The lowest BCUT2D eigenvalue weighted by Gasteiger charge is -2.29. The lowest BCUT2D eigenvalue weighted by Crippen LogP contribution is -2.29. The number of aliphatic hydroxyl groups excluding tert-OH is 1. The zero-order valence-corrected chi connectivity index (χ0v) is 12.0. The van der Waals surface area contributed by atoms with Crippen molar-refractivity contribution in [3.63, 3.8) is 0 Å². The fourth-order valence-electron chi connectivity index (χ4n) is 1.69. The molecule has 2 atom stereocenters. The van der Waals surface area contributed by atoms with Crippen molar-refractivity contribution in [1.82, 2.24) is 0 Å². The van der Waals surface area contributed by atoms with Crippen molar-refractivity contribution in [3.8, 4) is 0 Å². The molecule has 0 aliphatic rings. The monoisotopic (exact) mass is 285 g/mol. The van der Waals surface area contributed by atoms with E-state index in [2.05, 4.69) is 47.8 Å². The third kappa shape index (κ3) is 2.98. The van der Waals surface area contributed by atoms with Gasteiger partial charge in [-0.2, -0.15) is 0 Å². The van der Waals surface area contributed by atoms with Gasteiger partial charge in [0.2, 0.25) is 0 Å². The Hall–Kier alpha value is -0.540. The molecule has 1 rings (SSSR count). The van der Waals surface area contributed by atoms with E-state index < -0.39 is 6.10 Å². The first-order valence-corrected chi connectivity index (χ1v) is 6.47. The zero-order chi connectivity index (χ0) is 12.3. The highest BCUT2D eigenvalue weighted by Crippen LogP contribution is 2.30. The van der Waals surface area contributed by atoms with Crippen LogP contribution in [-0.2, 0) is 0 Å². The number of hydrogen-bond acceptors (Lipinski definition) is 2. The smallest absolute Gasteiger partial charge is 0.0782 e. The summed E-state index contributed by atoms with van der Waals surface area (Å²) in [4.78, 5) is 2.22. The van der Waals surface area contributed by atoms with Crippen LogP contribution in [0.2, 0.25) is 0 Å². The molecule has 0 bridgehead atoms. The van der Waals surface area contributed by atoms with Crippen LogP contribution in [0.4, 0.5) is 5.69 Å². The van der Waals surface area contributed by atoms with Gasteiger partial charge in [0.15, 0.2) is 0 Å². The van der Waals surface area contributed by atoms with Gasteiger partial charge in [0.05, 0.1) is 6.10 Å². The van der Waals surface area contributed by atoms with Gasteiger partial charge in [-0.25, -0.2) is 0 Å². The molecule has 2 unspecified atom stereocenters. The molecule has 0 aliphatic heterocycles. The maximum atomic E-state index is 9.78. The van der Waals surface area contributed by atoms with Gasteiger partial charge in [-0.15, -0.1) is 0 Å². The molecule has 0 aromatic heterocycles. The molecule has 1 aromatic carbocycles. The Balaban J connectivity index is 3.12. The summed E-state index contributed by atoms with van der Waals surface area (Å²) < 4.78 is 1.00. The quantitative estimate of drug-likeness (QED) is 0.911. The zero-order valence-electron chi connectivity index (χ0n) is 10.4. The Morgan fingerprint density at radius 3 is 2.50 bits per heavy atom. The van der Waals surface area contributed by atoms with Gasteiger partial charge >= 0.3 is 0 Å². The number of nitrogens with zero attached hydrogens (tertiary/aromatic N) is 1. The van der Waals surface area contributed by atoms with E-state index in [9.17, 15) is 5.11 Å². The minimum absolute atomic E-state index is 0.445. The predicted molar refractivity (Wildman–Crippen MR) is 72.9 cm³/mol. The van der Waals surface area contributed by atoms with Crippen LogP contribution in [0.15, 0.2) is 22.7 Å². The Kier molecular flexibility index (Phi) is 4.81. The lowest BCUT2D eigenvalue weighted by atomic mass is 10.1. The second kappa shape index (κ2) is 5.69. The highest BCUT2D eigenvalue weighted by Gasteiger charge is 2.15. The van der Waals surface area contributed by atoms with E-state index in [0.29, 0.717) is 6.04 Å². The molecule has 1 N–H and O–H groups in total. The molecule has 90 valence electrons. The maximum absolute atomic E-state index is 9.78. The Morgan fingerprint density at radius 1 is 1.38 bits per heavy atom. The van der Waals surface area contributed by atoms with Crippen LogP contribution in [-0.4, -0.2) is 18.2 Å². The van der Waals surface area contributed by atoms with Crippen molar-refractivity contribution < 1.29 is 5.11 Å². The molecule has 2 nitrogen and oxygen atoms in total. The normalized spacial score (nSPS) is 14.6. The molecule has 0 heterocycles. The van der Waals surface area contributed by atoms with Crippen LogP contribution in [0.3, 0.4) is 0 Å². The number of aliphatic hydroxyl groups is 1. The summed E-state index contributed by atoms with van der Waals surface area (Å²) >= 11 is 3.44. The van der Waals surface area contributed by atoms with E-state index in [-0.39, 0.29) is 0 Å². The van der Waals surface area contributed by atoms with Crippen molar-refractivity contribution in [2.24, 2.45) is 0 Å². The summed E-state index contributed by atoms with van der Waals surface area (Å²) in [5, 5.41) is 9.78. The van der Waals surface area contributed by atoms with Crippen LogP contribution in [0.5, 0.6) is 0 Å². The summed E-state index contributed by atoms with van der Waals surface area (Å²) in [6.07, 6.45) is 0.644. The molecule has 0 fully saturated rings. The molecular formula is C13H20BrNO. The minimum atomic E-state index is -0.445. The Labute approximate surface area is 106 Å². The number of hydrogen-bond donors (Lipinski definition) is 1. The fourth-order valence-corrected chi connectivity index (χ4v) is 2.07. The van der Waals surface area contributed by atoms with Gasteiger partial charge in [-0.1, -0.05) is 22.9 Å². The number of benzene rings is 1. The van der Waals surface area contributed by atoms with Gasteiger partial charge in [-0.3, -0.25) is 0 Å². The molecular weight excluding hydrogens is 266 g/mol. The number of anilines is 1. The van der Waals surface area contributed by atoms with E-state index >= 15 is 0 Å². The van der Waals surface area contributed by atoms with E-state index in [1.807, 2.05) is 12.1 Å². The van der Waals surface area contributed by atoms with Gasteiger partial charge in [0.1, 0.15) is 0 Å². The molecule has 0 saturated heterocycles. The number of halogens is 1. The summed E-state index contributed by atoms with van der Waals surface area (Å²) in [6.45, 7) is 6.16. The van der Waals surface area contributed by atoms with Gasteiger partial charge in [-0.05, 0) is 38.5 Å². The van der Waals surface area contributed by atoms with Crippen molar-refractivity contribution in [1.29, 1.82) is 0 Å². The highest BCUT2D eigenvalue weighted by molar-refractivity contribution is 9.10. The topological polar surface area (TPSA) is 23.5 Å². The van der Waals surface area contributed by atoms with Crippen molar-refractivity contribution in [3.05, 3.63) is 28.2 Å². The lowest BCUT2D eigenvalue weighted by molar-refractivity contribution is 0.199. The van der Waals surface area contributed by atoms with Crippen LogP contribution in [0.25, 0.3) is 0 Å². The Morgan fingerprint density at radius 2 is 2.00 bits per heavy atom. The molecule has 1 aromatic rings. The average Bonchev–Trinajstić information content (AvgIpc) is 2.26. The average molecular weight is 286 g/mol. The van der Waals surface area contributed by atoms with Gasteiger partial charge in [0.25, 0.3) is 0 Å². The first kappa shape index (κ1) is 13.5. The summed E-state index contributed by atoms with van der Waals surface area (Å²) in [7, 11) is 2.07. The van der Waals surface area contributed by atoms with E-state index in [1.165, 1.54) is 0 Å². The number of rotatable bonds is 4. The van der Waals surface area contributed by atoms with E-state index in [0.717, 1.165) is 22.1 Å².